The van der Waals surface area contributed by atoms with Crippen LogP contribution in [0.4, 0.5) is 0 Å². The molecule has 1 rings (SSSR count). The summed E-state index contributed by atoms with van der Waals surface area (Å²) in [7, 11) is 0. The number of carbonyl (C=O) groups excluding carboxylic acids is 1. The minimum atomic E-state index is 0.234. The Morgan fingerprint density at radius 3 is 2.18 bits per heavy atom. The topological polar surface area (TPSA) is 20.3 Å². The Hall–Kier alpha value is -0.790. The largest absolute Gasteiger partial charge is 0.342 e. The van der Waals surface area contributed by atoms with Crippen LogP contribution in [-0.2, 0) is 4.79 Å². The molecule has 0 aliphatic heterocycles. The van der Waals surface area contributed by atoms with E-state index >= 15 is 0 Å². The van der Waals surface area contributed by atoms with E-state index in [1.54, 1.807) is 0 Å². The Bertz CT molecular complexity index is 258. The van der Waals surface area contributed by atoms with Gasteiger partial charge in [-0.05, 0) is 31.1 Å². The molecule has 0 heterocycles. The molecular weight excluding hydrogens is 210 g/mol. The van der Waals surface area contributed by atoms with E-state index in [1.165, 1.54) is 0 Å². The summed E-state index contributed by atoms with van der Waals surface area (Å²) in [5.41, 5.74) is 0. The number of rotatable bonds is 5. The first-order chi connectivity index (χ1) is 8.00. The zero-order valence-corrected chi connectivity index (χ0v) is 11.8. The van der Waals surface area contributed by atoms with Gasteiger partial charge in [0.1, 0.15) is 0 Å². The van der Waals surface area contributed by atoms with Gasteiger partial charge in [0.2, 0.25) is 5.91 Å². The normalized spacial score (nSPS) is 20.0. The first-order valence-corrected chi connectivity index (χ1v) is 6.94. The molecule has 0 spiro atoms. The Balaban J connectivity index is 2.60. The van der Waals surface area contributed by atoms with Crippen LogP contribution in [0.2, 0.25) is 0 Å². The number of allylic oxidation sites excluding steroid dienone is 2. The molecule has 0 saturated heterocycles. The summed E-state index contributed by atoms with van der Waals surface area (Å²) in [5, 5.41) is 0. The van der Waals surface area contributed by atoms with Gasteiger partial charge in [-0.1, -0.05) is 39.8 Å². The lowest BCUT2D eigenvalue weighted by atomic mass is 9.92. The molecule has 0 N–H and O–H groups in total. The summed E-state index contributed by atoms with van der Waals surface area (Å²) in [6, 6.07) is 0. The minimum absolute atomic E-state index is 0.234. The number of nitrogens with zero attached hydrogens (tertiary/aromatic N) is 1. The predicted octanol–water partition coefficient (Wildman–Crippen LogP) is 3.48. The first-order valence-electron chi connectivity index (χ1n) is 6.94. The first kappa shape index (κ1) is 14.3. The maximum Gasteiger partial charge on any atom is 0.226 e. The fourth-order valence-electron chi connectivity index (χ4n) is 2.41. The van der Waals surface area contributed by atoms with E-state index in [0.717, 1.165) is 32.4 Å². The molecule has 0 saturated carbocycles. The molecule has 1 atom stereocenters. The summed E-state index contributed by atoms with van der Waals surface area (Å²) < 4.78 is 0. The van der Waals surface area contributed by atoms with Crippen molar-refractivity contribution in [2.75, 3.05) is 13.1 Å². The van der Waals surface area contributed by atoms with Gasteiger partial charge in [-0.2, -0.15) is 0 Å². The van der Waals surface area contributed by atoms with Gasteiger partial charge in [0.15, 0.2) is 0 Å². The van der Waals surface area contributed by atoms with Crippen LogP contribution in [-0.4, -0.2) is 23.9 Å². The van der Waals surface area contributed by atoms with Crippen molar-refractivity contribution in [2.24, 2.45) is 17.8 Å². The van der Waals surface area contributed by atoms with E-state index in [-0.39, 0.29) is 5.92 Å². The lowest BCUT2D eigenvalue weighted by molar-refractivity contribution is -0.136. The van der Waals surface area contributed by atoms with Gasteiger partial charge in [-0.15, -0.1) is 0 Å². The quantitative estimate of drug-likeness (QED) is 0.670. The van der Waals surface area contributed by atoms with Crippen molar-refractivity contribution in [1.29, 1.82) is 0 Å². The van der Waals surface area contributed by atoms with Crippen molar-refractivity contribution in [3.8, 4) is 0 Å². The third-order valence-electron chi connectivity index (χ3n) is 3.10. The highest BCUT2D eigenvalue weighted by atomic mass is 16.2. The van der Waals surface area contributed by atoms with Crippen molar-refractivity contribution in [2.45, 2.75) is 47.0 Å². The van der Waals surface area contributed by atoms with Gasteiger partial charge < -0.3 is 4.90 Å². The summed E-state index contributed by atoms with van der Waals surface area (Å²) >= 11 is 0. The smallest absolute Gasteiger partial charge is 0.226 e. The summed E-state index contributed by atoms with van der Waals surface area (Å²) in [5.74, 6) is 1.71. The van der Waals surface area contributed by atoms with Crippen LogP contribution >= 0.6 is 0 Å². The maximum absolute atomic E-state index is 12.5. The molecule has 1 aliphatic carbocycles. The number of amides is 1. The van der Waals surface area contributed by atoms with Crippen LogP contribution < -0.4 is 0 Å². The van der Waals surface area contributed by atoms with Crippen LogP contribution in [0.1, 0.15) is 47.0 Å². The average Bonchev–Trinajstić information content (AvgIpc) is 2.27. The molecule has 0 bridgehead atoms. The van der Waals surface area contributed by atoms with Crippen molar-refractivity contribution in [1.82, 2.24) is 4.90 Å². The zero-order chi connectivity index (χ0) is 12.8. The highest BCUT2D eigenvalue weighted by Gasteiger charge is 2.25. The molecule has 98 valence electrons. The molecule has 2 heteroatoms. The Morgan fingerprint density at radius 1 is 1.18 bits per heavy atom. The Kier molecular flexibility index (Phi) is 5.73. The van der Waals surface area contributed by atoms with Gasteiger partial charge >= 0.3 is 0 Å². The molecule has 1 unspecified atom stereocenters. The molecule has 1 amide bonds. The van der Waals surface area contributed by atoms with Crippen molar-refractivity contribution >= 4 is 5.91 Å². The fourth-order valence-corrected chi connectivity index (χ4v) is 2.41. The van der Waals surface area contributed by atoms with Crippen LogP contribution in [0, 0.1) is 17.8 Å². The van der Waals surface area contributed by atoms with E-state index in [9.17, 15) is 4.79 Å². The second-order valence-corrected chi connectivity index (χ2v) is 6.01. The molecule has 0 radical (unpaired) electrons. The summed E-state index contributed by atoms with van der Waals surface area (Å²) in [4.78, 5) is 14.5. The van der Waals surface area contributed by atoms with Gasteiger partial charge in [-0.3, -0.25) is 4.79 Å². The third-order valence-corrected chi connectivity index (χ3v) is 3.10. The second-order valence-electron chi connectivity index (χ2n) is 6.01. The van der Waals surface area contributed by atoms with E-state index in [2.05, 4.69) is 44.7 Å². The number of hydrogen-bond acceptors (Lipinski definition) is 1. The van der Waals surface area contributed by atoms with E-state index in [0.29, 0.717) is 17.7 Å². The van der Waals surface area contributed by atoms with Gasteiger partial charge in [0.25, 0.3) is 0 Å². The molecule has 0 aromatic carbocycles. The van der Waals surface area contributed by atoms with Gasteiger partial charge in [0.05, 0.1) is 0 Å². The molecule has 17 heavy (non-hydrogen) atoms. The Morgan fingerprint density at radius 2 is 1.76 bits per heavy atom. The van der Waals surface area contributed by atoms with Crippen LogP contribution in [0.3, 0.4) is 0 Å². The average molecular weight is 237 g/mol. The van der Waals surface area contributed by atoms with Gasteiger partial charge in [0, 0.05) is 19.0 Å². The lowest BCUT2D eigenvalue weighted by Gasteiger charge is -2.30. The molecule has 1 aliphatic rings. The predicted molar refractivity (Wildman–Crippen MR) is 72.7 cm³/mol. The highest BCUT2D eigenvalue weighted by molar-refractivity contribution is 5.79. The van der Waals surface area contributed by atoms with E-state index in [4.69, 9.17) is 0 Å². The van der Waals surface area contributed by atoms with Crippen LogP contribution in [0.15, 0.2) is 12.2 Å². The molecule has 2 nitrogen and oxygen atoms in total. The monoisotopic (exact) mass is 237 g/mol. The van der Waals surface area contributed by atoms with Crippen molar-refractivity contribution in [3.05, 3.63) is 12.2 Å². The summed E-state index contributed by atoms with van der Waals surface area (Å²) in [6.07, 6.45) is 7.38. The standard InChI is InChI=1S/C15H27NO/c1-12(2)10-16(11-13(3)4)15(17)14-8-6-5-7-9-14/h5-6,12-14H,7-11H2,1-4H3. The summed E-state index contributed by atoms with van der Waals surface area (Å²) in [6.45, 7) is 10.5. The van der Waals surface area contributed by atoms with E-state index in [1.807, 2.05) is 0 Å². The molecule has 0 aromatic heterocycles. The third kappa shape index (κ3) is 4.93. The zero-order valence-electron chi connectivity index (χ0n) is 11.8. The molecule has 0 aromatic rings. The van der Waals surface area contributed by atoms with Crippen LogP contribution in [0.25, 0.3) is 0 Å². The van der Waals surface area contributed by atoms with Crippen molar-refractivity contribution < 1.29 is 4.79 Å². The van der Waals surface area contributed by atoms with Crippen molar-refractivity contribution in [3.63, 3.8) is 0 Å². The van der Waals surface area contributed by atoms with Crippen LogP contribution in [0.5, 0.6) is 0 Å². The van der Waals surface area contributed by atoms with E-state index < -0.39 is 0 Å². The maximum atomic E-state index is 12.5. The Labute approximate surface area is 106 Å². The van der Waals surface area contributed by atoms with Gasteiger partial charge in [-0.25, -0.2) is 0 Å². The molecule has 0 fully saturated rings. The number of carbonyl (C=O) groups is 1. The second kappa shape index (κ2) is 6.83. The fraction of sp³-hybridized carbons (Fsp3) is 0.800. The SMILES string of the molecule is CC(C)CN(CC(C)C)C(=O)C1CC=CCC1. The number of hydrogen-bond donors (Lipinski definition) is 0. The lowest BCUT2D eigenvalue weighted by Crippen LogP contribution is -2.41. The molecular formula is C15H27NO. The highest BCUT2D eigenvalue weighted by Crippen LogP contribution is 2.21. The minimum Gasteiger partial charge on any atom is -0.342 e.